The molecule has 1 aliphatic rings. The molecular weight excluding hydrogens is 206 g/mol. The molecule has 0 spiro atoms. The maximum atomic E-state index is 3.72. The van der Waals surface area contributed by atoms with E-state index in [0.29, 0.717) is 5.92 Å². The maximum absolute atomic E-state index is 3.72. The van der Waals surface area contributed by atoms with E-state index in [1.807, 2.05) is 0 Å². The van der Waals surface area contributed by atoms with E-state index in [1.165, 1.54) is 16.8 Å². The zero-order chi connectivity index (χ0) is 12.8. The van der Waals surface area contributed by atoms with Crippen molar-refractivity contribution in [2.75, 3.05) is 5.32 Å². The number of benzene rings is 1. The van der Waals surface area contributed by atoms with Gasteiger partial charge in [0.15, 0.2) is 0 Å². The summed E-state index contributed by atoms with van der Waals surface area (Å²) in [7, 11) is 0. The van der Waals surface area contributed by atoms with Crippen LogP contribution in [0.3, 0.4) is 0 Å². The molecule has 1 N–H and O–H groups in total. The first kappa shape index (κ1) is 12.5. The highest BCUT2D eigenvalue weighted by Crippen LogP contribution is 2.38. The molecule has 1 heterocycles. The van der Waals surface area contributed by atoms with Gasteiger partial charge in [-0.2, -0.15) is 0 Å². The topological polar surface area (TPSA) is 12.0 Å². The van der Waals surface area contributed by atoms with Crippen molar-refractivity contribution >= 4 is 5.69 Å². The summed E-state index contributed by atoms with van der Waals surface area (Å²) in [5, 5.41) is 3.72. The number of anilines is 1. The highest BCUT2D eigenvalue weighted by Gasteiger charge is 2.35. The number of rotatable bonds is 1. The average Bonchev–Trinajstić information content (AvgIpc) is 2.52. The molecule has 1 heteroatoms. The molecule has 0 fully saturated rings. The highest BCUT2D eigenvalue weighted by molar-refractivity contribution is 5.61. The Bertz CT molecular complexity index is 426. The lowest BCUT2D eigenvalue weighted by Gasteiger charge is -2.30. The van der Waals surface area contributed by atoms with E-state index in [0.717, 1.165) is 6.42 Å². The first-order chi connectivity index (χ1) is 7.72. The standard InChI is InChI=1S/C16H25N/c1-11(2)16(6)10-12-7-8-13(15(3,4)5)9-14(12)17-16/h7-9,11,17H,10H2,1-6H3. The maximum Gasteiger partial charge on any atom is 0.0409 e. The lowest BCUT2D eigenvalue weighted by molar-refractivity contribution is 0.386. The van der Waals surface area contributed by atoms with Crippen LogP contribution in [-0.4, -0.2) is 5.54 Å². The summed E-state index contributed by atoms with van der Waals surface area (Å²) in [5.74, 6) is 0.646. The number of nitrogens with one attached hydrogen (secondary N) is 1. The van der Waals surface area contributed by atoms with Crippen LogP contribution < -0.4 is 5.32 Å². The van der Waals surface area contributed by atoms with Crippen LogP contribution >= 0.6 is 0 Å². The molecule has 1 aromatic carbocycles. The quantitative estimate of drug-likeness (QED) is 0.757. The third-order valence-electron chi connectivity index (χ3n) is 4.23. The summed E-state index contributed by atoms with van der Waals surface area (Å²) in [4.78, 5) is 0. The molecule has 2 rings (SSSR count). The van der Waals surface area contributed by atoms with Crippen LogP contribution in [0.2, 0.25) is 0 Å². The first-order valence-electron chi connectivity index (χ1n) is 6.64. The predicted octanol–water partition coefficient (Wildman–Crippen LogP) is 4.37. The van der Waals surface area contributed by atoms with Crippen molar-refractivity contribution in [3.63, 3.8) is 0 Å². The van der Waals surface area contributed by atoms with Gasteiger partial charge in [-0.25, -0.2) is 0 Å². The zero-order valence-corrected chi connectivity index (χ0v) is 12.0. The van der Waals surface area contributed by atoms with Crippen molar-refractivity contribution < 1.29 is 0 Å². The van der Waals surface area contributed by atoms with E-state index in [-0.39, 0.29) is 11.0 Å². The minimum Gasteiger partial charge on any atom is -0.379 e. The van der Waals surface area contributed by atoms with E-state index in [4.69, 9.17) is 0 Å². The predicted molar refractivity (Wildman–Crippen MR) is 75.7 cm³/mol. The van der Waals surface area contributed by atoms with E-state index in [2.05, 4.69) is 65.1 Å². The monoisotopic (exact) mass is 231 g/mol. The van der Waals surface area contributed by atoms with Gasteiger partial charge in [-0.3, -0.25) is 0 Å². The first-order valence-corrected chi connectivity index (χ1v) is 6.64. The smallest absolute Gasteiger partial charge is 0.0409 e. The van der Waals surface area contributed by atoms with Gasteiger partial charge in [0, 0.05) is 11.2 Å². The van der Waals surface area contributed by atoms with Crippen molar-refractivity contribution in [3.05, 3.63) is 29.3 Å². The Morgan fingerprint density at radius 3 is 2.41 bits per heavy atom. The van der Waals surface area contributed by atoms with Crippen LogP contribution in [0.5, 0.6) is 0 Å². The fraction of sp³-hybridized carbons (Fsp3) is 0.625. The Balaban J connectivity index is 2.35. The van der Waals surface area contributed by atoms with Crippen LogP contribution in [0.4, 0.5) is 5.69 Å². The lowest BCUT2D eigenvalue weighted by Crippen LogP contribution is -2.38. The van der Waals surface area contributed by atoms with Crippen molar-refractivity contribution in [1.29, 1.82) is 0 Å². The Hall–Kier alpha value is -0.980. The third kappa shape index (κ3) is 2.20. The summed E-state index contributed by atoms with van der Waals surface area (Å²) in [6.45, 7) is 13.7. The fourth-order valence-corrected chi connectivity index (χ4v) is 2.41. The van der Waals surface area contributed by atoms with E-state index in [1.54, 1.807) is 0 Å². The van der Waals surface area contributed by atoms with Gasteiger partial charge in [0.2, 0.25) is 0 Å². The molecule has 1 aromatic rings. The largest absolute Gasteiger partial charge is 0.379 e. The van der Waals surface area contributed by atoms with Crippen molar-refractivity contribution in [2.45, 2.75) is 58.9 Å². The van der Waals surface area contributed by atoms with Crippen molar-refractivity contribution in [2.24, 2.45) is 5.92 Å². The molecule has 0 amide bonds. The Morgan fingerprint density at radius 2 is 1.88 bits per heavy atom. The van der Waals surface area contributed by atoms with Gasteiger partial charge in [-0.05, 0) is 41.9 Å². The lowest BCUT2D eigenvalue weighted by atomic mass is 9.84. The number of fused-ring (bicyclic) bond motifs is 1. The third-order valence-corrected chi connectivity index (χ3v) is 4.23. The van der Waals surface area contributed by atoms with E-state index < -0.39 is 0 Å². The second-order valence-electron chi connectivity index (χ2n) is 7.00. The summed E-state index contributed by atoms with van der Waals surface area (Å²) in [6.07, 6.45) is 1.14. The Kier molecular flexibility index (Phi) is 2.76. The van der Waals surface area contributed by atoms with E-state index in [9.17, 15) is 0 Å². The molecule has 1 unspecified atom stereocenters. The minimum atomic E-state index is 0.221. The average molecular weight is 231 g/mol. The molecule has 1 aliphatic heterocycles. The zero-order valence-electron chi connectivity index (χ0n) is 12.0. The normalized spacial score (nSPS) is 23.7. The van der Waals surface area contributed by atoms with Crippen molar-refractivity contribution in [1.82, 2.24) is 0 Å². The number of hydrogen-bond acceptors (Lipinski definition) is 1. The van der Waals surface area contributed by atoms with Crippen LogP contribution in [0.1, 0.15) is 52.7 Å². The Labute approximate surface area is 106 Å². The molecule has 0 saturated heterocycles. The fourth-order valence-electron chi connectivity index (χ4n) is 2.41. The second-order valence-corrected chi connectivity index (χ2v) is 7.00. The molecule has 0 bridgehead atoms. The van der Waals surface area contributed by atoms with Gasteiger partial charge in [0.05, 0.1) is 0 Å². The van der Waals surface area contributed by atoms with Gasteiger partial charge in [-0.1, -0.05) is 46.8 Å². The molecule has 17 heavy (non-hydrogen) atoms. The molecule has 1 atom stereocenters. The molecule has 0 radical (unpaired) electrons. The summed E-state index contributed by atoms with van der Waals surface area (Å²) < 4.78 is 0. The molecular formula is C16H25N. The minimum absolute atomic E-state index is 0.221. The molecule has 0 saturated carbocycles. The summed E-state index contributed by atoms with van der Waals surface area (Å²) in [6, 6.07) is 6.92. The van der Waals surface area contributed by atoms with Crippen LogP contribution in [0.25, 0.3) is 0 Å². The molecule has 0 aliphatic carbocycles. The summed E-state index contributed by atoms with van der Waals surface area (Å²) >= 11 is 0. The second kappa shape index (κ2) is 3.76. The molecule has 94 valence electrons. The summed E-state index contributed by atoms with van der Waals surface area (Å²) in [5.41, 5.74) is 4.67. The van der Waals surface area contributed by atoms with Gasteiger partial charge in [0.25, 0.3) is 0 Å². The van der Waals surface area contributed by atoms with Gasteiger partial charge in [-0.15, -0.1) is 0 Å². The van der Waals surface area contributed by atoms with Gasteiger partial charge in [0.1, 0.15) is 0 Å². The van der Waals surface area contributed by atoms with Crippen LogP contribution in [-0.2, 0) is 11.8 Å². The SMILES string of the molecule is CC(C)C1(C)Cc2ccc(C(C)(C)C)cc2N1. The molecule has 1 nitrogen and oxygen atoms in total. The van der Waals surface area contributed by atoms with Gasteiger partial charge < -0.3 is 5.32 Å². The van der Waals surface area contributed by atoms with Crippen molar-refractivity contribution in [3.8, 4) is 0 Å². The van der Waals surface area contributed by atoms with E-state index >= 15 is 0 Å². The van der Waals surface area contributed by atoms with Crippen LogP contribution in [0.15, 0.2) is 18.2 Å². The number of hydrogen-bond donors (Lipinski definition) is 1. The highest BCUT2D eigenvalue weighted by atomic mass is 15.0. The van der Waals surface area contributed by atoms with Crippen LogP contribution in [0, 0.1) is 5.92 Å². The van der Waals surface area contributed by atoms with Gasteiger partial charge >= 0.3 is 0 Å². The Morgan fingerprint density at radius 1 is 1.24 bits per heavy atom. The molecule has 0 aromatic heterocycles.